The Balaban J connectivity index is 0.00000225. The minimum atomic E-state index is -4.91. The van der Waals surface area contributed by atoms with Crippen molar-refractivity contribution in [3.05, 3.63) is 72.3 Å². The third-order valence-corrected chi connectivity index (χ3v) is 5.28. The van der Waals surface area contributed by atoms with E-state index in [4.69, 9.17) is 0 Å². The molecule has 0 fully saturated rings. The Morgan fingerprint density at radius 3 is 2.00 bits per heavy atom. The molecule has 0 amide bonds. The number of anilines is 2. The first kappa shape index (κ1) is 21.8. The van der Waals surface area contributed by atoms with Gasteiger partial charge in [0.15, 0.2) is 0 Å². The van der Waals surface area contributed by atoms with Gasteiger partial charge in [-0.2, -0.15) is 0 Å². The summed E-state index contributed by atoms with van der Waals surface area (Å²) in [7, 11) is 0. The number of hydrogen-bond donors (Lipinski definition) is 2. The molecule has 0 aliphatic carbocycles. The van der Waals surface area contributed by atoms with Crippen molar-refractivity contribution in [1.29, 1.82) is 0 Å². The van der Waals surface area contributed by atoms with Crippen molar-refractivity contribution in [3.8, 4) is 0 Å². The maximum absolute atomic E-state index is 13.7. The van der Waals surface area contributed by atoms with Gasteiger partial charge in [0.05, 0.1) is 0 Å². The van der Waals surface area contributed by atoms with Gasteiger partial charge in [-0.25, -0.2) is 0 Å². The SMILES string of the molecule is F[B-](F)(F)C(CCc1ccccc1)CB1Nc2cccc3cccc(c23)N1.[K+]. The van der Waals surface area contributed by atoms with Crippen LogP contribution >= 0.6 is 0 Å². The molecule has 3 aromatic rings. The molecular weight excluding hydrogens is 386 g/mol. The summed E-state index contributed by atoms with van der Waals surface area (Å²) in [5, 5.41) is 8.63. The second kappa shape index (κ2) is 9.26. The first-order chi connectivity index (χ1) is 13.0. The van der Waals surface area contributed by atoms with Crippen molar-refractivity contribution >= 4 is 36.1 Å². The zero-order valence-corrected chi connectivity index (χ0v) is 19.0. The van der Waals surface area contributed by atoms with Gasteiger partial charge in [-0.3, -0.25) is 0 Å². The van der Waals surface area contributed by atoms with Crippen LogP contribution in [0.1, 0.15) is 12.0 Å². The number of nitrogens with one attached hydrogen (secondary N) is 2. The molecule has 0 aromatic heterocycles. The van der Waals surface area contributed by atoms with Crippen LogP contribution in [0.2, 0.25) is 12.1 Å². The van der Waals surface area contributed by atoms with Crippen LogP contribution in [0.25, 0.3) is 10.8 Å². The van der Waals surface area contributed by atoms with Crippen molar-refractivity contribution in [3.63, 3.8) is 0 Å². The van der Waals surface area contributed by atoms with Crippen LogP contribution in [-0.4, -0.2) is 14.0 Å². The van der Waals surface area contributed by atoms with E-state index < -0.39 is 19.8 Å². The molecule has 28 heavy (non-hydrogen) atoms. The zero-order valence-electron chi connectivity index (χ0n) is 15.8. The molecule has 4 rings (SSSR count). The molecular formula is C20H20B2F3KN2. The van der Waals surface area contributed by atoms with Crippen LogP contribution in [0.4, 0.5) is 24.3 Å². The van der Waals surface area contributed by atoms with Gasteiger partial charge in [0, 0.05) is 16.8 Å². The fourth-order valence-electron chi connectivity index (χ4n) is 3.87. The molecule has 0 saturated heterocycles. The molecule has 1 unspecified atom stereocenters. The van der Waals surface area contributed by atoms with Crippen molar-refractivity contribution in [2.45, 2.75) is 25.0 Å². The van der Waals surface area contributed by atoms with Crippen molar-refractivity contribution < 1.29 is 64.3 Å². The fraction of sp³-hybridized carbons (Fsp3) is 0.200. The van der Waals surface area contributed by atoms with E-state index in [0.717, 1.165) is 27.7 Å². The first-order valence-electron chi connectivity index (χ1n) is 9.29. The van der Waals surface area contributed by atoms with Gasteiger partial charge in [-0.05, 0) is 29.5 Å². The van der Waals surface area contributed by atoms with Crippen LogP contribution in [0.5, 0.6) is 0 Å². The predicted octanol–water partition coefficient (Wildman–Crippen LogP) is 3.02. The zero-order chi connectivity index (χ0) is 18.9. The summed E-state index contributed by atoms with van der Waals surface area (Å²) in [5.74, 6) is -1.31. The number of benzene rings is 3. The molecule has 1 aliphatic rings. The fourth-order valence-corrected chi connectivity index (χ4v) is 3.87. The van der Waals surface area contributed by atoms with Gasteiger partial charge in [-0.1, -0.05) is 73.2 Å². The van der Waals surface area contributed by atoms with E-state index in [0.29, 0.717) is 6.42 Å². The first-order valence-corrected chi connectivity index (χ1v) is 9.29. The van der Waals surface area contributed by atoms with E-state index >= 15 is 0 Å². The van der Waals surface area contributed by atoms with Gasteiger partial charge in [0.2, 0.25) is 0 Å². The maximum atomic E-state index is 13.7. The molecule has 0 bridgehead atoms. The van der Waals surface area contributed by atoms with E-state index in [-0.39, 0.29) is 64.1 Å². The quantitative estimate of drug-likeness (QED) is 0.616. The van der Waals surface area contributed by atoms with Crippen LogP contribution in [0.15, 0.2) is 66.7 Å². The van der Waals surface area contributed by atoms with Crippen molar-refractivity contribution in [2.75, 3.05) is 10.5 Å². The van der Waals surface area contributed by atoms with Gasteiger partial charge >= 0.3 is 65.3 Å². The Hall–Kier alpha value is -0.924. The number of halogens is 3. The number of rotatable bonds is 6. The Morgan fingerprint density at radius 2 is 1.43 bits per heavy atom. The molecule has 2 N–H and O–H groups in total. The standard InChI is InChI=1S/C20H20B2F3N2.K/c23-22(24,25)17(13-12-15-6-2-1-3-7-15)14-21-26-18-10-4-8-16-9-5-11-19(27-21)20(16)18;/h1-11,17,26-27H,12-14H2;/q-1;+1. The summed E-state index contributed by atoms with van der Waals surface area (Å²) in [6, 6.07) is 21.1. The molecule has 1 atom stereocenters. The summed E-state index contributed by atoms with van der Waals surface area (Å²) >= 11 is 0. The van der Waals surface area contributed by atoms with Crippen molar-refractivity contribution in [2.24, 2.45) is 0 Å². The Morgan fingerprint density at radius 1 is 0.821 bits per heavy atom. The average Bonchev–Trinajstić information content (AvgIpc) is 2.65. The summed E-state index contributed by atoms with van der Waals surface area (Å²) in [6.07, 6.45) is 0.561. The van der Waals surface area contributed by atoms with E-state index in [2.05, 4.69) is 10.5 Å². The van der Waals surface area contributed by atoms with Gasteiger partial charge in [0.25, 0.3) is 0 Å². The van der Waals surface area contributed by atoms with Crippen LogP contribution in [0.3, 0.4) is 0 Å². The van der Waals surface area contributed by atoms with E-state index in [9.17, 15) is 12.9 Å². The van der Waals surface area contributed by atoms with Crippen molar-refractivity contribution in [1.82, 2.24) is 0 Å². The van der Waals surface area contributed by atoms with E-state index in [1.54, 1.807) is 0 Å². The second-order valence-corrected chi connectivity index (χ2v) is 7.20. The van der Waals surface area contributed by atoms with Crippen LogP contribution in [0, 0.1) is 0 Å². The molecule has 1 aliphatic heterocycles. The smallest absolute Gasteiger partial charge is 0.449 e. The van der Waals surface area contributed by atoms with E-state index in [1.807, 2.05) is 66.7 Å². The minimum Gasteiger partial charge on any atom is -0.449 e. The Bertz CT molecular complexity index is 897. The van der Waals surface area contributed by atoms with E-state index in [1.165, 1.54) is 0 Å². The third kappa shape index (κ3) is 4.97. The molecule has 138 valence electrons. The molecule has 0 radical (unpaired) electrons. The molecule has 0 saturated carbocycles. The maximum Gasteiger partial charge on any atom is 1.00 e. The molecule has 0 spiro atoms. The summed E-state index contributed by atoms with van der Waals surface area (Å²) in [5.41, 5.74) is 2.73. The Labute approximate surface area is 206 Å². The normalized spacial score (nSPS) is 14.0. The monoisotopic (exact) mass is 406 g/mol. The van der Waals surface area contributed by atoms with Crippen LogP contribution < -0.4 is 61.8 Å². The third-order valence-electron chi connectivity index (χ3n) is 5.28. The topological polar surface area (TPSA) is 24.1 Å². The number of aryl methyl sites for hydroxylation is 1. The van der Waals surface area contributed by atoms with Gasteiger partial charge in [-0.15, -0.1) is 0 Å². The second-order valence-electron chi connectivity index (χ2n) is 7.20. The average molecular weight is 406 g/mol. The summed E-state index contributed by atoms with van der Waals surface area (Å²) in [6.45, 7) is -5.35. The van der Waals surface area contributed by atoms with Crippen LogP contribution in [-0.2, 0) is 6.42 Å². The largest absolute Gasteiger partial charge is 1.00 e. The van der Waals surface area contributed by atoms with Gasteiger partial charge < -0.3 is 23.4 Å². The predicted molar refractivity (Wildman–Crippen MR) is 109 cm³/mol. The molecule has 2 nitrogen and oxygen atoms in total. The summed E-state index contributed by atoms with van der Waals surface area (Å²) < 4.78 is 41.1. The summed E-state index contributed by atoms with van der Waals surface area (Å²) in [4.78, 5) is 0. The molecule has 1 heterocycles. The number of hydrogen-bond acceptors (Lipinski definition) is 2. The minimum absolute atomic E-state index is 0. The Kier molecular flexibility index (Phi) is 7.20. The molecule has 3 aromatic carbocycles. The van der Waals surface area contributed by atoms with Gasteiger partial charge in [0.1, 0.15) is 0 Å². The molecule has 8 heteroatoms.